The maximum atomic E-state index is 3.63. The molecule has 0 saturated heterocycles. The number of thiophene rings is 1. The van der Waals surface area contributed by atoms with Gasteiger partial charge in [-0.1, -0.05) is 31.5 Å². The molecule has 1 aliphatic rings. The van der Waals surface area contributed by atoms with E-state index in [9.17, 15) is 0 Å². The molecule has 1 aromatic carbocycles. The van der Waals surface area contributed by atoms with Crippen LogP contribution in [-0.2, 0) is 12.8 Å². The van der Waals surface area contributed by atoms with E-state index in [1.807, 2.05) is 11.3 Å². The molecule has 1 unspecified atom stereocenters. The molecule has 0 radical (unpaired) electrons. The summed E-state index contributed by atoms with van der Waals surface area (Å²) < 4.78 is 0. The Morgan fingerprint density at radius 1 is 1.33 bits per heavy atom. The molecule has 2 heterocycles. The Labute approximate surface area is 113 Å². The zero-order chi connectivity index (χ0) is 12.4. The Morgan fingerprint density at radius 2 is 2.28 bits per heavy atom. The lowest BCUT2D eigenvalue weighted by molar-refractivity contribution is 0.793. The predicted molar refractivity (Wildman–Crippen MR) is 79.4 cm³/mol. The minimum absolute atomic E-state index is 0.487. The van der Waals surface area contributed by atoms with Crippen LogP contribution in [0.15, 0.2) is 35.7 Å². The van der Waals surface area contributed by atoms with Crippen molar-refractivity contribution in [2.75, 3.05) is 5.32 Å². The van der Waals surface area contributed by atoms with Gasteiger partial charge in [-0.3, -0.25) is 0 Å². The van der Waals surface area contributed by atoms with Crippen molar-refractivity contribution in [3.8, 4) is 0 Å². The van der Waals surface area contributed by atoms with Gasteiger partial charge in [0.15, 0.2) is 0 Å². The van der Waals surface area contributed by atoms with E-state index in [0.29, 0.717) is 6.04 Å². The lowest BCUT2D eigenvalue weighted by Gasteiger charge is -2.07. The van der Waals surface area contributed by atoms with E-state index in [0.717, 1.165) is 6.42 Å². The Balaban J connectivity index is 1.76. The number of unbranched alkanes of at least 4 members (excludes halogenated alkanes) is 1. The van der Waals surface area contributed by atoms with Crippen molar-refractivity contribution in [2.24, 2.45) is 0 Å². The highest BCUT2D eigenvalue weighted by atomic mass is 32.1. The van der Waals surface area contributed by atoms with Crippen molar-refractivity contribution < 1.29 is 0 Å². The number of nitrogens with one attached hydrogen (secondary N) is 1. The minimum atomic E-state index is 0.487. The van der Waals surface area contributed by atoms with Crippen LogP contribution in [-0.4, -0.2) is 0 Å². The molecular formula is C16H19NS. The van der Waals surface area contributed by atoms with E-state index in [4.69, 9.17) is 0 Å². The molecule has 0 fully saturated rings. The standard InChI is InChI=1S/C16H19NS/c1-2-3-5-12-7-8-14-13(10-12)11-15(17-14)16-6-4-9-18-16/h4,6-10,15,17H,2-3,5,11H2,1H3. The summed E-state index contributed by atoms with van der Waals surface area (Å²) in [4.78, 5) is 1.45. The first-order valence-electron chi connectivity index (χ1n) is 6.78. The van der Waals surface area contributed by atoms with Gasteiger partial charge in [-0.15, -0.1) is 11.3 Å². The predicted octanol–water partition coefficient (Wildman–Crippen LogP) is 4.80. The molecule has 1 nitrogen and oxygen atoms in total. The molecule has 0 bridgehead atoms. The summed E-state index contributed by atoms with van der Waals surface area (Å²) in [7, 11) is 0. The fourth-order valence-corrected chi connectivity index (χ4v) is 3.39. The minimum Gasteiger partial charge on any atom is -0.377 e. The summed E-state index contributed by atoms with van der Waals surface area (Å²) in [6, 6.07) is 11.8. The molecule has 2 aromatic rings. The molecule has 1 aliphatic heterocycles. The van der Waals surface area contributed by atoms with Gasteiger partial charge in [0.05, 0.1) is 6.04 Å². The maximum absolute atomic E-state index is 3.63. The first kappa shape index (κ1) is 11.8. The third-order valence-corrected chi connectivity index (χ3v) is 4.62. The first-order valence-corrected chi connectivity index (χ1v) is 7.66. The Hall–Kier alpha value is -1.28. The van der Waals surface area contributed by atoms with E-state index in [1.165, 1.54) is 41.0 Å². The molecule has 1 atom stereocenters. The fourth-order valence-electron chi connectivity index (χ4n) is 2.61. The summed E-state index contributed by atoms with van der Waals surface area (Å²) in [5.41, 5.74) is 4.31. The summed E-state index contributed by atoms with van der Waals surface area (Å²) in [6.45, 7) is 2.25. The number of benzene rings is 1. The molecule has 18 heavy (non-hydrogen) atoms. The molecule has 1 N–H and O–H groups in total. The van der Waals surface area contributed by atoms with Crippen LogP contribution >= 0.6 is 11.3 Å². The molecule has 0 spiro atoms. The largest absolute Gasteiger partial charge is 0.377 e. The third kappa shape index (κ3) is 2.30. The number of fused-ring (bicyclic) bond motifs is 1. The van der Waals surface area contributed by atoms with E-state index >= 15 is 0 Å². The van der Waals surface area contributed by atoms with Crippen LogP contribution in [0.1, 0.15) is 41.8 Å². The Bertz CT molecular complexity index is 516. The quantitative estimate of drug-likeness (QED) is 0.829. The number of aryl methyl sites for hydroxylation is 1. The normalized spacial score (nSPS) is 17.5. The molecule has 3 rings (SSSR count). The highest BCUT2D eigenvalue weighted by Gasteiger charge is 2.22. The number of rotatable bonds is 4. The number of anilines is 1. The van der Waals surface area contributed by atoms with Gasteiger partial charge in [0, 0.05) is 10.6 Å². The topological polar surface area (TPSA) is 12.0 Å². The van der Waals surface area contributed by atoms with Crippen molar-refractivity contribution in [2.45, 2.75) is 38.6 Å². The maximum Gasteiger partial charge on any atom is 0.0647 e. The highest BCUT2D eigenvalue weighted by Crippen LogP contribution is 2.36. The monoisotopic (exact) mass is 257 g/mol. The second-order valence-corrected chi connectivity index (χ2v) is 5.99. The fraction of sp³-hybridized carbons (Fsp3) is 0.375. The summed E-state index contributed by atoms with van der Waals surface area (Å²) >= 11 is 1.85. The smallest absolute Gasteiger partial charge is 0.0647 e. The van der Waals surface area contributed by atoms with Gasteiger partial charge >= 0.3 is 0 Å². The van der Waals surface area contributed by atoms with Crippen molar-refractivity contribution in [1.29, 1.82) is 0 Å². The van der Waals surface area contributed by atoms with Gasteiger partial charge in [-0.25, -0.2) is 0 Å². The van der Waals surface area contributed by atoms with Gasteiger partial charge in [0.1, 0.15) is 0 Å². The van der Waals surface area contributed by atoms with Crippen molar-refractivity contribution in [3.63, 3.8) is 0 Å². The SMILES string of the molecule is CCCCc1ccc2c(c1)CC(c1cccs1)N2. The molecule has 1 aromatic heterocycles. The molecule has 2 heteroatoms. The van der Waals surface area contributed by atoms with Gasteiger partial charge in [-0.05, 0) is 47.9 Å². The average Bonchev–Trinajstić information content (AvgIpc) is 3.03. The first-order chi connectivity index (χ1) is 8.86. The van der Waals surface area contributed by atoms with Crippen LogP contribution in [0.3, 0.4) is 0 Å². The van der Waals surface area contributed by atoms with Crippen LogP contribution in [0.25, 0.3) is 0 Å². The second-order valence-electron chi connectivity index (χ2n) is 5.01. The third-order valence-electron chi connectivity index (χ3n) is 3.63. The van der Waals surface area contributed by atoms with Gasteiger partial charge in [-0.2, -0.15) is 0 Å². The summed E-state index contributed by atoms with van der Waals surface area (Å²) in [5, 5.41) is 5.79. The average molecular weight is 257 g/mol. The molecule has 94 valence electrons. The zero-order valence-electron chi connectivity index (χ0n) is 10.8. The van der Waals surface area contributed by atoms with Crippen molar-refractivity contribution >= 4 is 17.0 Å². The lowest BCUT2D eigenvalue weighted by atomic mass is 10.0. The van der Waals surface area contributed by atoms with Gasteiger partial charge < -0.3 is 5.32 Å². The van der Waals surface area contributed by atoms with E-state index in [2.05, 4.69) is 48.0 Å². The van der Waals surface area contributed by atoms with Crippen LogP contribution in [0.4, 0.5) is 5.69 Å². The Kier molecular flexibility index (Phi) is 3.37. The van der Waals surface area contributed by atoms with Crippen LogP contribution in [0.2, 0.25) is 0 Å². The summed E-state index contributed by atoms with van der Waals surface area (Å²) in [6.07, 6.45) is 4.91. The lowest BCUT2D eigenvalue weighted by Crippen LogP contribution is -2.02. The molecule has 0 saturated carbocycles. The highest BCUT2D eigenvalue weighted by molar-refractivity contribution is 7.10. The molecular weight excluding hydrogens is 238 g/mol. The summed E-state index contributed by atoms with van der Waals surface area (Å²) in [5.74, 6) is 0. The number of hydrogen-bond donors (Lipinski definition) is 1. The van der Waals surface area contributed by atoms with Crippen LogP contribution < -0.4 is 5.32 Å². The molecule has 0 amide bonds. The van der Waals surface area contributed by atoms with E-state index in [1.54, 1.807) is 0 Å². The molecule has 0 aliphatic carbocycles. The van der Waals surface area contributed by atoms with Crippen LogP contribution in [0.5, 0.6) is 0 Å². The van der Waals surface area contributed by atoms with Gasteiger partial charge in [0.2, 0.25) is 0 Å². The zero-order valence-corrected chi connectivity index (χ0v) is 11.6. The number of hydrogen-bond acceptors (Lipinski definition) is 2. The van der Waals surface area contributed by atoms with Crippen molar-refractivity contribution in [1.82, 2.24) is 0 Å². The second kappa shape index (κ2) is 5.15. The van der Waals surface area contributed by atoms with E-state index < -0.39 is 0 Å². The van der Waals surface area contributed by atoms with Crippen molar-refractivity contribution in [3.05, 3.63) is 51.7 Å². The van der Waals surface area contributed by atoms with E-state index in [-0.39, 0.29) is 0 Å². The van der Waals surface area contributed by atoms with Crippen LogP contribution in [0, 0.1) is 0 Å². The van der Waals surface area contributed by atoms with Gasteiger partial charge in [0.25, 0.3) is 0 Å². The Morgan fingerprint density at radius 3 is 3.06 bits per heavy atom.